The van der Waals surface area contributed by atoms with Gasteiger partial charge in [0.05, 0.1) is 36.3 Å². The number of esters is 2. The number of carbonyl (C=O) groups excluding carboxylic acids is 3. The monoisotopic (exact) mass is 487 g/mol. The number of nitrogens with zero attached hydrogens (tertiary/aromatic N) is 3. The van der Waals surface area contributed by atoms with Crippen LogP contribution in [-0.2, 0) is 20.8 Å². The number of aromatic nitrogens is 3. The zero-order valence-corrected chi connectivity index (χ0v) is 20.2. The highest BCUT2D eigenvalue weighted by molar-refractivity contribution is 5.99. The molecule has 0 saturated heterocycles. The predicted octanol–water partition coefficient (Wildman–Crippen LogP) is 3.41. The molecule has 4 rings (SSSR count). The lowest BCUT2D eigenvalue weighted by atomic mass is 10.1. The van der Waals surface area contributed by atoms with Crippen LogP contribution in [0.2, 0.25) is 0 Å². The van der Waals surface area contributed by atoms with E-state index in [0.29, 0.717) is 27.7 Å². The molecule has 0 aliphatic rings. The minimum Gasteiger partial charge on any atom is -0.465 e. The lowest BCUT2D eigenvalue weighted by Gasteiger charge is -2.11. The summed E-state index contributed by atoms with van der Waals surface area (Å²) in [4.78, 5) is 53.5. The molecule has 0 unspecified atom stereocenters. The Hall–Kier alpha value is -4.53. The van der Waals surface area contributed by atoms with Crippen molar-refractivity contribution in [2.24, 2.45) is 0 Å². The van der Waals surface area contributed by atoms with Crippen LogP contribution in [0, 0.1) is 13.8 Å². The SMILES string of the molecule is COC(=O)c1ccc(-n2c(C)cc(C(=O)COC(=O)CCn3cnc4ccccc4c3=O)c2C)cc1. The number of aryl methyl sites for hydroxylation is 2. The Bertz CT molecular complexity index is 1520. The summed E-state index contributed by atoms with van der Waals surface area (Å²) in [7, 11) is 1.32. The number of carbonyl (C=O) groups is 3. The van der Waals surface area contributed by atoms with Crippen molar-refractivity contribution in [2.75, 3.05) is 13.7 Å². The Morgan fingerprint density at radius 1 is 1.00 bits per heavy atom. The molecule has 0 bridgehead atoms. The molecular weight excluding hydrogens is 462 g/mol. The summed E-state index contributed by atoms with van der Waals surface area (Å²) in [6.07, 6.45) is 1.33. The van der Waals surface area contributed by atoms with Gasteiger partial charge in [-0.15, -0.1) is 0 Å². The second kappa shape index (κ2) is 10.4. The fourth-order valence-electron chi connectivity index (χ4n) is 4.08. The smallest absolute Gasteiger partial charge is 0.337 e. The van der Waals surface area contributed by atoms with E-state index in [4.69, 9.17) is 9.47 Å². The number of fused-ring (bicyclic) bond motifs is 1. The molecule has 184 valence electrons. The number of rotatable bonds is 8. The average Bonchev–Trinajstić information content (AvgIpc) is 3.20. The highest BCUT2D eigenvalue weighted by Crippen LogP contribution is 2.22. The molecule has 0 aliphatic carbocycles. The fraction of sp³-hybridized carbons (Fsp3) is 0.222. The van der Waals surface area contributed by atoms with Gasteiger partial charge in [-0.25, -0.2) is 9.78 Å². The molecule has 0 aliphatic heterocycles. The molecular formula is C27H25N3O6. The molecule has 0 N–H and O–H groups in total. The summed E-state index contributed by atoms with van der Waals surface area (Å²) < 4.78 is 13.1. The van der Waals surface area contributed by atoms with Crippen LogP contribution in [0.3, 0.4) is 0 Å². The summed E-state index contributed by atoms with van der Waals surface area (Å²) in [5, 5.41) is 0.471. The molecule has 0 fully saturated rings. The van der Waals surface area contributed by atoms with E-state index in [2.05, 4.69) is 4.98 Å². The van der Waals surface area contributed by atoms with Crippen molar-refractivity contribution in [3.8, 4) is 5.69 Å². The zero-order valence-electron chi connectivity index (χ0n) is 20.2. The summed E-state index contributed by atoms with van der Waals surface area (Å²) in [6.45, 7) is 3.35. The van der Waals surface area contributed by atoms with E-state index in [1.165, 1.54) is 18.0 Å². The number of hydrogen-bond acceptors (Lipinski definition) is 7. The van der Waals surface area contributed by atoms with Crippen LogP contribution in [0.25, 0.3) is 16.6 Å². The van der Waals surface area contributed by atoms with Crippen LogP contribution in [0.15, 0.2) is 65.7 Å². The molecule has 0 saturated carbocycles. The molecule has 9 nitrogen and oxygen atoms in total. The van der Waals surface area contributed by atoms with Crippen LogP contribution in [-0.4, -0.2) is 45.6 Å². The second-order valence-electron chi connectivity index (χ2n) is 8.25. The lowest BCUT2D eigenvalue weighted by Crippen LogP contribution is -2.23. The number of para-hydroxylation sites is 1. The minimum absolute atomic E-state index is 0.0707. The molecule has 0 amide bonds. The van der Waals surface area contributed by atoms with Gasteiger partial charge in [0.1, 0.15) is 0 Å². The van der Waals surface area contributed by atoms with Crippen LogP contribution >= 0.6 is 0 Å². The standard InChI is InChI=1S/C27H25N3O6/c1-17-14-22(18(2)30(17)20-10-8-19(9-11-20)27(34)35-3)24(31)15-36-25(32)12-13-29-16-28-23-7-5-4-6-21(23)26(29)33/h4-11,14,16H,12-13,15H2,1-3H3. The molecule has 2 aromatic carbocycles. The first kappa shape index (κ1) is 24.6. The normalized spacial score (nSPS) is 10.9. The van der Waals surface area contributed by atoms with Gasteiger partial charge in [0, 0.05) is 29.2 Å². The van der Waals surface area contributed by atoms with Gasteiger partial charge in [-0.3, -0.25) is 19.0 Å². The van der Waals surface area contributed by atoms with Crippen molar-refractivity contribution < 1.29 is 23.9 Å². The Labute approximate surface area is 206 Å². The van der Waals surface area contributed by atoms with Crippen LogP contribution in [0.5, 0.6) is 0 Å². The van der Waals surface area contributed by atoms with E-state index in [1.54, 1.807) is 61.5 Å². The predicted molar refractivity (Wildman–Crippen MR) is 132 cm³/mol. The van der Waals surface area contributed by atoms with Crippen molar-refractivity contribution in [1.29, 1.82) is 0 Å². The second-order valence-corrected chi connectivity index (χ2v) is 8.25. The zero-order chi connectivity index (χ0) is 25.8. The molecule has 2 heterocycles. The van der Waals surface area contributed by atoms with Crippen molar-refractivity contribution in [3.05, 3.63) is 93.8 Å². The van der Waals surface area contributed by atoms with E-state index < -0.39 is 18.5 Å². The van der Waals surface area contributed by atoms with E-state index in [1.807, 2.05) is 11.5 Å². The van der Waals surface area contributed by atoms with Gasteiger partial charge in [-0.2, -0.15) is 0 Å². The molecule has 0 atom stereocenters. The molecule has 9 heteroatoms. The molecule has 4 aromatic rings. The molecule has 0 spiro atoms. The van der Waals surface area contributed by atoms with Crippen molar-refractivity contribution >= 4 is 28.6 Å². The average molecular weight is 488 g/mol. The van der Waals surface area contributed by atoms with Gasteiger partial charge >= 0.3 is 11.9 Å². The Morgan fingerprint density at radius 2 is 1.72 bits per heavy atom. The number of Topliss-reactive ketones (excluding diaryl/α,β-unsaturated/α-hetero) is 1. The van der Waals surface area contributed by atoms with Gasteiger partial charge in [-0.1, -0.05) is 12.1 Å². The molecule has 2 aromatic heterocycles. The summed E-state index contributed by atoms with van der Waals surface area (Å²) >= 11 is 0. The Balaban J connectivity index is 1.39. The number of methoxy groups -OCH3 is 1. The van der Waals surface area contributed by atoms with E-state index in [0.717, 1.165) is 11.4 Å². The summed E-state index contributed by atoms with van der Waals surface area (Å²) in [5.41, 5.74) is 3.49. The minimum atomic E-state index is -0.587. The third-order valence-corrected chi connectivity index (χ3v) is 5.93. The third kappa shape index (κ3) is 4.95. The topological polar surface area (TPSA) is 109 Å². The van der Waals surface area contributed by atoms with E-state index >= 15 is 0 Å². The summed E-state index contributed by atoms with van der Waals surface area (Å²) in [5.74, 6) is -1.35. The lowest BCUT2D eigenvalue weighted by molar-refractivity contribution is -0.142. The number of ketones is 1. The number of benzene rings is 2. The van der Waals surface area contributed by atoms with Crippen LogP contribution in [0.4, 0.5) is 0 Å². The maximum Gasteiger partial charge on any atom is 0.337 e. The van der Waals surface area contributed by atoms with Gasteiger partial charge in [0.2, 0.25) is 5.78 Å². The van der Waals surface area contributed by atoms with Gasteiger partial charge < -0.3 is 14.0 Å². The van der Waals surface area contributed by atoms with Gasteiger partial charge in [0.25, 0.3) is 5.56 Å². The van der Waals surface area contributed by atoms with E-state index in [9.17, 15) is 19.2 Å². The Kier molecular flexibility index (Phi) is 7.10. The first-order chi connectivity index (χ1) is 17.3. The van der Waals surface area contributed by atoms with Gasteiger partial charge in [-0.05, 0) is 56.3 Å². The van der Waals surface area contributed by atoms with Crippen LogP contribution in [0.1, 0.15) is 38.5 Å². The number of ether oxygens (including phenoxy) is 2. The van der Waals surface area contributed by atoms with Crippen LogP contribution < -0.4 is 5.56 Å². The highest BCUT2D eigenvalue weighted by atomic mass is 16.5. The quantitative estimate of drug-likeness (QED) is 0.277. The van der Waals surface area contributed by atoms with E-state index in [-0.39, 0.29) is 24.3 Å². The number of hydrogen-bond donors (Lipinski definition) is 0. The van der Waals surface area contributed by atoms with Gasteiger partial charge in [0.15, 0.2) is 6.61 Å². The highest BCUT2D eigenvalue weighted by Gasteiger charge is 2.19. The Morgan fingerprint density at radius 3 is 2.44 bits per heavy atom. The molecule has 0 radical (unpaired) electrons. The first-order valence-electron chi connectivity index (χ1n) is 11.3. The van der Waals surface area contributed by atoms with Crippen molar-refractivity contribution in [2.45, 2.75) is 26.8 Å². The maximum atomic E-state index is 12.8. The van der Waals surface area contributed by atoms with Crippen molar-refractivity contribution in [3.63, 3.8) is 0 Å². The fourth-order valence-corrected chi connectivity index (χ4v) is 4.08. The third-order valence-electron chi connectivity index (χ3n) is 5.93. The largest absolute Gasteiger partial charge is 0.465 e. The maximum absolute atomic E-state index is 12.8. The summed E-state index contributed by atoms with van der Waals surface area (Å²) in [6, 6.07) is 15.6. The molecule has 36 heavy (non-hydrogen) atoms. The first-order valence-corrected chi connectivity index (χ1v) is 11.3. The van der Waals surface area contributed by atoms with Crippen molar-refractivity contribution in [1.82, 2.24) is 14.1 Å².